The monoisotopic (exact) mass is 961 g/mol. The second-order valence-electron chi connectivity index (χ2n) is 20.1. The van der Waals surface area contributed by atoms with Crippen LogP contribution in [-0.2, 0) is 49.0 Å². The maximum absolute atomic E-state index is 13.2. The Morgan fingerprint density at radius 2 is 1.04 bits per heavy atom. The van der Waals surface area contributed by atoms with Gasteiger partial charge in [0.1, 0.15) is 26.2 Å². The maximum Gasteiger partial charge on any atom is 0.261 e. The standard InChI is InChI=1S/C58H92O9Si/c1-7-8-9-10-11-12-13-14-15-28-40-54(64-47-61-6)56-42-43-57(67-56)55(65-48-62-44-49-31-20-16-21-32-49)41-30-29-34-50(59)33-22-17-23-35-51(63-46-60-5)45-66-68(58(2,3)4,52-36-24-18-25-37-52)53-38-26-19-27-39-53/h16,18-21,24-27,31-32,36-39,51,54-57H,7-15,17,22-23,28-30,33-35,40-48H2,1-6H3/t51-,54+,55-,56+,57+/m1/s1. The summed E-state index contributed by atoms with van der Waals surface area (Å²) in [4.78, 5) is 13.2. The van der Waals surface area contributed by atoms with E-state index in [1.54, 1.807) is 14.2 Å². The average molecular weight is 961 g/mol. The van der Waals surface area contributed by atoms with Crippen molar-refractivity contribution in [1.82, 2.24) is 0 Å². The lowest BCUT2D eigenvalue weighted by Crippen LogP contribution is -2.67. The number of unbranched alkanes of at least 4 members (excludes halogenated alkanes) is 12. The quantitative estimate of drug-likeness (QED) is 0.0314. The first kappa shape index (κ1) is 57.8. The molecule has 382 valence electrons. The van der Waals surface area contributed by atoms with Gasteiger partial charge in [-0.15, -0.1) is 0 Å². The number of hydrogen-bond donors (Lipinski definition) is 0. The smallest absolute Gasteiger partial charge is 0.261 e. The van der Waals surface area contributed by atoms with Gasteiger partial charge in [-0.3, -0.25) is 4.79 Å². The van der Waals surface area contributed by atoms with Gasteiger partial charge in [0.25, 0.3) is 8.32 Å². The molecule has 0 aromatic heterocycles. The van der Waals surface area contributed by atoms with Crippen molar-refractivity contribution in [3.8, 4) is 0 Å². The molecule has 4 rings (SSSR count). The average Bonchev–Trinajstić information content (AvgIpc) is 3.84. The van der Waals surface area contributed by atoms with E-state index in [4.69, 9.17) is 37.6 Å². The molecule has 10 heteroatoms. The highest BCUT2D eigenvalue weighted by molar-refractivity contribution is 6.99. The summed E-state index contributed by atoms with van der Waals surface area (Å²) in [6, 6.07) is 31.7. The van der Waals surface area contributed by atoms with Gasteiger partial charge in [-0.1, -0.05) is 202 Å². The Morgan fingerprint density at radius 1 is 0.588 bits per heavy atom. The van der Waals surface area contributed by atoms with E-state index in [1.807, 2.05) is 18.2 Å². The minimum atomic E-state index is -2.69. The molecule has 0 saturated carbocycles. The van der Waals surface area contributed by atoms with Crippen LogP contribution in [0.2, 0.25) is 5.04 Å². The van der Waals surface area contributed by atoms with Gasteiger partial charge in [-0.05, 0) is 65.9 Å². The zero-order chi connectivity index (χ0) is 48.6. The predicted octanol–water partition coefficient (Wildman–Crippen LogP) is 13.0. The summed E-state index contributed by atoms with van der Waals surface area (Å²) in [5.41, 5.74) is 1.12. The zero-order valence-electron chi connectivity index (χ0n) is 43.3. The van der Waals surface area contributed by atoms with Crippen molar-refractivity contribution >= 4 is 24.5 Å². The van der Waals surface area contributed by atoms with E-state index in [9.17, 15) is 4.79 Å². The van der Waals surface area contributed by atoms with Crippen LogP contribution in [0.25, 0.3) is 0 Å². The molecule has 1 aliphatic heterocycles. The topological polar surface area (TPSA) is 90.9 Å². The number of ether oxygens (including phenoxy) is 7. The summed E-state index contributed by atoms with van der Waals surface area (Å²) in [6.07, 6.45) is 23.1. The minimum absolute atomic E-state index is 0.00701. The van der Waals surface area contributed by atoms with Gasteiger partial charge in [0.2, 0.25) is 0 Å². The van der Waals surface area contributed by atoms with Crippen LogP contribution in [0.5, 0.6) is 0 Å². The first-order valence-corrected chi connectivity index (χ1v) is 28.5. The molecule has 0 spiro atoms. The van der Waals surface area contributed by atoms with Crippen LogP contribution in [0.15, 0.2) is 91.0 Å². The van der Waals surface area contributed by atoms with Crippen molar-refractivity contribution in [3.05, 3.63) is 96.6 Å². The molecule has 0 bridgehead atoms. The lowest BCUT2D eigenvalue weighted by Gasteiger charge is -2.43. The summed E-state index contributed by atoms with van der Waals surface area (Å²) in [7, 11) is 0.652. The molecule has 9 nitrogen and oxygen atoms in total. The van der Waals surface area contributed by atoms with Gasteiger partial charge in [0, 0.05) is 27.1 Å². The molecule has 0 aliphatic carbocycles. The van der Waals surface area contributed by atoms with E-state index in [0.29, 0.717) is 31.8 Å². The van der Waals surface area contributed by atoms with Crippen molar-refractivity contribution in [2.45, 2.75) is 211 Å². The highest BCUT2D eigenvalue weighted by atomic mass is 28.4. The first-order chi connectivity index (χ1) is 33.2. The molecule has 0 unspecified atom stereocenters. The lowest BCUT2D eigenvalue weighted by atomic mass is 9.99. The number of rotatable bonds is 40. The van der Waals surface area contributed by atoms with Crippen LogP contribution in [0.1, 0.15) is 175 Å². The van der Waals surface area contributed by atoms with Gasteiger partial charge in [0.15, 0.2) is 0 Å². The van der Waals surface area contributed by atoms with Crippen molar-refractivity contribution < 1.29 is 42.4 Å². The minimum Gasteiger partial charge on any atom is -0.405 e. The normalized spacial score (nSPS) is 16.8. The van der Waals surface area contributed by atoms with Crippen LogP contribution in [0.4, 0.5) is 0 Å². The predicted molar refractivity (Wildman–Crippen MR) is 279 cm³/mol. The summed E-state index contributed by atoms with van der Waals surface area (Å²) in [5.74, 6) is 0.332. The molecule has 1 heterocycles. The van der Waals surface area contributed by atoms with E-state index in [1.165, 1.54) is 68.2 Å². The van der Waals surface area contributed by atoms with E-state index in [0.717, 1.165) is 76.2 Å². The van der Waals surface area contributed by atoms with Crippen LogP contribution >= 0.6 is 0 Å². The van der Waals surface area contributed by atoms with Gasteiger partial charge < -0.3 is 37.6 Å². The molecule has 3 aromatic carbocycles. The van der Waals surface area contributed by atoms with Crippen LogP contribution < -0.4 is 10.4 Å². The third-order valence-electron chi connectivity index (χ3n) is 13.6. The first-order valence-electron chi connectivity index (χ1n) is 26.6. The van der Waals surface area contributed by atoms with E-state index in [-0.39, 0.29) is 55.9 Å². The number of Topliss-reactive ketones (excluding diaryl/α,β-unsaturated/α-hetero) is 1. The maximum atomic E-state index is 13.2. The van der Waals surface area contributed by atoms with Crippen molar-refractivity contribution in [1.29, 1.82) is 0 Å². The molecule has 0 radical (unpaired) electrons. The van der Waals surface area contributed by atoms with Gasteiger partial charge in [-0.25, -0.2) is 0 Å². The second kappa shape index (κ2) is 34.5. The molecule has 3 aromatic rings. The molecule has 0 N–H and O–H groups in total. The molecule has 68 heavy (non-hydrogen) atoms. The van der Waals surface area contributed by atoms with E-state index in [2.05, 4.69) is 100 Å². The highest BCUT2D eigenvalue weighted by Crippen LogP contribution is 2.37. The third-order valence-corrected chi connectivity index (χ3v) is 18.6. The van der Waals surface area contributed by atoms with Gasteiger partial charge >= 0.3 is 0 Å². The Kier molecular flexibility index (Phi) is 29.4. The Labute approximate surface area is 414 Å². The summed E-state index contributed by atoms with van der Waals surface area (Å²) < 4.78 is 49.5. The molecular weight excluding hydrogens is 869 g/mol. The number of hydrogen-bond acceptors (Lipinski definition) is 9. The number of carbonyl (C=O) groups is 1. The molecule has 1 aliphatic rings. The van der Waals surface area contributed by atoms with Gasteiger partial charge in [-0.2, -0.15) is 0 Å². The second-order valence-corrected chi connectivity index (χ2v) is 24.4. The Hall–Kier alpha value is -2.77. The molecule has 1 fully saturated rings. The van der Waals surface area contributed by atoms with Crippen molar-refractivity contribution in [2.24, 2.45) is 0 Å². The summed E-state index contributed by atoms with van der Waals surface area (Å²) in [6.45, 7) is 10.8. The van der Waals surface area contributed by atoms with Crippen molar-refractivity contribution in [2.75, 3.05) is 41.2 Å². The largest absolute Gasteiger partial charge is 0.405 e. The number of ketones is 1. The Bertz CT molecular complexity index is 1630. The molecule has 5 atom stereocenters. The van der Waals surface area contributed by atoms with E-state index < -0.39 is 8.32 Å². The van der Waals surface area contributed by atoms with Crippen LogP contribution in [0.3, 0.4) is 0 Å². The molecule has 0 amide bonds. The fraction of sp³-hybridized carbons (Fsp3) is 0.672. The van der Waals surface area contributed by atoms with Crippen LogP contribution in [-0.4, -0.2) is 85.8 Å². The third kappa shape index (κ3) is 21.3. The Balaban J connectivity index is 1.22. The molecule has 1 saturated heterocycles. The fourth-order valence-electron chi connectivity index (χ4n) is 9.87. The lowest BCUT2D eigenvalue weighted by molar-refractivity contribution is -0.165. The van der Waals surface area contributed by atoms with Gasteiger partial charge in [0.05, 0.1) is 43.7 Å². The van der Waals surface area contributed by atoms with Crippen LogP contribution in [0, 0.1) is 0 Å². The summed E-state index contributed by atoms with van der Waals surface area (Å²) in [5, 5.41) is 2.40. The summed E-state index contributed by atoms with van der Waals surface area (Å²) >= 11 is 0. The number of benzene rings is 3. The SMILES string of the molecule is CCCCCCCCCCCC[C@H](OCOC)[C@@H]1CC[C@@H]([C@@H](CCCCC(=O)CCCCC[C@H](CO[Si](c2ccccc2)(c2ccccc2)C(C)(C)C)OCOC)OCOCc2ccccc2)O1. The number of methoxy groups -OCH3 is 2. The van der Waals surface area contributed by atoms with Crippen molar-refractivity contribution in [3.63, 3.8) is 0 Å². The fourth-order valence-corrected chi connectivity index (χ4v) is 14.5. The Morgan fingerprint density at radius 3 is 1.59 bits per heavy atom. The number of carbonyl (C=O) groups excluding carboxylic acids is 1. The van der Waals surface area contributed by atoms with E-state index >= 15 is 0 Å². The molecular formula is C58H92O9Si. The highest BCUT2D eigenvalue weighted by Gasteiger charge is 2.50. The zero-order valence-corrected chi connectivity index (χ0v) is 44.3.